The van der Waals surface area contributed by atoms with Gasteiger partial charge in [0.1, 0.15) is 4.60 Å². The van der Waals surface area contributed by atoms with E-state index in [1.165, 1.54) is 0 Å². The SMILES string of the molecule is O=C(Nc1ccccc1Sc1ccccc1)c1n[nH]c(Br)c1Br. The summed E-state index contributed by atoms with van der Waals surface area (Å²) in [6, 6.07) is 17.7. The zero-order valence-corrected chi connectivity index (χ0v) is 15.7. The van der Waals surface area contributed by atoms with E-state index in [9.17, 15) is 4.79 Å². The van der Waals surface area contributed by atoms with Crippen molar-refractivity contribution in [1.82, 2.24) is 10.2 Å². The van der Waals surface area contributed by atoms with Crippen molar-refractivity contribution in [3.05, 3.63) is 69.4 Å². The molecule has 0 fully saturated rings. The first-order valence-corrected chi connectivity index (χ1v) is 9.08. The van der Waals surface area contributed by atoms with Gasteiger partial charge in [-0.3, -0.25) is 9.89 Å². The predicted octanol–water partition coefficient (Wildman–Crippen LogP) is 5.34. The fraction of sp³-hybridized carbons (Fsp3) is 0. The number of rotatable bonds is 4. The number of aromatic nitrogens is 2. The summed E-state index contributed by atoms with van der Waals surface area (Å²) >= 11 is 8.21. The van der Waals surface area contributed by atoms with Gasteiger partial charge in [-0.25, -0.2) is 0 Å². The highest BCUT2D eigenvalue weighted by Gasteiger charge is 2.17. The zero-order valence-electron chi connectivity index (χ0n) is 11.7. The Balaban J connectivity index is 1.83. The van der Waals surface area contributed by atoms with Crippen LogP contribution in [0.1, 0.15) is 10.5 Å². The highest BCUT2D eigenvalue weighted by molar-refractivity contribution is 9.13. The van der Waals surface area contributed by atoms with Gasteiger partial charge >= 0.3 is 0 Å². The third kappa shape index (κ3) is 3.85. The van der Waals surface area contributed by atoms with E-state index in [4.69, 9.17) is 0 Å². The average molecular weight is 453 g/mol. The lowest BCUT2D eigenvalue weighted by Gasteiger charge is -2.10. The number of para-hydroxylation sites is 1. The second kappa shape index (κ2) is 7.33. The molecule has 0 aliphatic carbocycles. The van der Waals surface area contributed by atoms with E-state index in [0.29, 0.717) is 14.8 Å². The Bertz CT molecular complexity index is 836. The Labute approximate surface area is 154 Å². The molecule has 2 aromatic carbocycles. The third-order valence-corrected chi connectivity index (χ3v) is 5.95. The number of anilines is 1. The summed E-state index contributed by atoms with van der Waals surface area (Å²) in [4.78, 5) is 14.5. The van der Waals surface area contributed by atoms with Crippen LogP contribution in [0, 0.1) is 0 Å². The molecule has 0 saturated heterocycles. The predicted molar refractivity (Wildman–Crippen MR) is 98.9 cm³/mol. The first-order chi connectivity index (χ1) is 11.1. The van der Waals surface area contributed by atoms with Gasteiger partial charge < -0.3 is 5.32 Å². The van der Waals surface area contributed by atoms with Gasteiger partial charge in [0.15, 0.2) is 5.69 Å². The summed E-state index contributed by atoms with van der Waals surface area (Å²) in [5, 5.41) is 9.61. The van der Waals surface area contributed by atoms with Gasteiger partial charge in [-0.15, -0.1) is 0 Å². The summed E-state index contributed by atoms with van der Waals surface area (Å²) < 4.78 is 1.23. The van der Waals surface area contributed by atoms with E-state index >= 15 is 0 Å². The summed E-state index contributed by atoms with van der Waals surface area (Å²) in [6.45, 7) is 0. The molecule has 0 unspecified atom stereocenters. The molecule has 0 aliphatic rings. The molecule has 3 rings (SSSR count). The maximum absolute atomic E-state index is 12.4. The quantitative estimate of drug-likeness (QED) is 0.561. The van der Waals surface area contributed by atoms with E-state index in [-0.39, 0.29) is 5.91 Å². The molecule has 0 spiro atoms. The molecule has 23 heavy (non-hydrogen) atoms. The maximum Gasteiger partial charge on any atom is 0.277 e. The van der Waals surface area contributed by atoms with Crippen molar-refractivity contribution < 1.29 is 4.79 Å². The number of nitrogens with zero attached hydrogens (tertiary/aromatic N) is 1. The summed E-state index contributed by atoms with van der Waals surface area (Å²) in [6.07, 6.45) is 0. The molecule has 4 nitrogen and oxygen atoms in total. The molecule has 1 amide bonds. The number of nitrogens with one attached hydrogen (secondary N) is 2. The Morgan fingerprint density at radius 1 is 1.04 bits per heavy atom. The van der Waals surface area contributed by atoms with Crippen molar-refractivity contribution in [1.29, 1.82) is 0 Å². The van der Waals surface area contributed by atoms with Crippen molar-refractivity contribution in [2.75, 3.05) is 5.32 Å². The molecule has 1 heterocycles. The lowest BCUT2D eigenvalue weighted by molar-refractivity contribution is 0.102. The van der Waals surface area contributed by atoms with E-state index in [1.54, 1.807) is 11.8 Å². The molecule has 7 heteroatoms. The van der Waals surface area contributed by atoms with Crippen LogP contribution in [0.3, 0.4) is 0 Å². The van der Waals surface area contributed by atoms with Crippen LogP contribution in [-0.2, 0) is 0 Å². The number of aromatic amines is 1. The minimum atomic E-state index is -0.278. The van der Waals surface area contributed by atoms with Gasteiger partial charge in [0.2, 0.25) is 0 Å². The number of carbonyl (C=O) groups is 1. The van der Waals surface area contributed by atoms with Crippen molar-refractivity contribution in [2.45, 2.75) is 9.79 Å². The van der Waals surface area contributed by atoms with Crippen LogP contribution in [0.5, 0.6) is 0 Å². The molecule has 116 valence electrons. The van der Waals surface area contributed by atoms with Crippen LogP contribution in [-0.4, -0.2) is 16.1 Å². The fourth-order valence-electron chi connectivity index (χ4n) is 1.91. The second-order valence-corrected chi connectivity index (χ2v) is 7.27. The average Bonchev–Trinajstić information content (AvgIpc) is 2.90. The van der Waals surface area contributed by atoms with Crippen molar-refractivity contribution in [3.63, 3.8) is 0 Å². The van der Waals surface area contributed by atoms with Gasteiger partial charge in [0.25, 0.3) is 5.91 Å². The highest BCUT2D eigenvalue weighted by atomic mass is 79.9. The molecule has 2 N–H and O–H groups in total. The van der Waals surface area contributed by atoms with Crippen molar-refractivity contribution in [3.8, 4) is 0 Å². The number of carbonyl (C=O) groups excluding carboxylic acids is 1. The number of H-pyrrole nitrogens is 1. The van der Waals surface area contributed by atoms with Gasteiger partial charge in [-0.1, -0.05) is 42.1 Å². The monoisotopic (exact) mass is 451 g/mol. The number of halogens is 2. The van der Waals surface area contributed by atoms with E-state index in [2.05, 4.69) is 47.4 Å². The first-order valence-electron chi connectivity index (χ1n) is 6.68. The van der Waals surface area contributed by atoms with Crippen LogP contribution < -0.4 is 5.32 Å². The smallest absolute Gasteiger partial charge is 0.277 e. The highest BCUT2D eigenvalue weighted by Crippen LogP contribution is 2.33. The lowest BCUT2D eigenvalue weighted by atomic mass is 10.3. The molecular formula is C16H11Br2N3OS. The Morgan fingerprint density at radius 3 is 2.43 bits per heavy atom. The number of amides is 1. The molecular weight excluding hydrogens is 442 g/mol. The summed E-state index contributed by atoms with van der Waals surface area (Å²) in [5.74, 6) is -0.278. The normalized spacial score (nSPS) is 10.5. The van der Waals surface area contributed by atoms with E-state index < -0.39 is 0 Å². The zero-order chi connectivity index (χ0) is 16.2. The summed E-state index contributed by atoms with van der Waals surface area (Å²) in [5.41, 5.74) is 1.05. The van der Waals surface area contributed by atoms with Gasteiger partial charge in [0.05, 0.1) is 10.2 Å². The number of hydrogen-bond acceptors (Lipinski definition) is 3. The fourth-order valence-corrected chi connectivity index (χ4v) is 3.47. The topological polar surface area (TPSA) is 57.8 Å². The van der Waals surface area contributed by atoms with Crippen LogP contribution >= 0.6 is 43.6 Å². The van der Waals surface area contributed by atoms with E-state index in [1.807, 2.05) is 54.6 Å². The molecule has 0 bridgehead atoms. The molecule has 0 radical (unpaired) electrons. The third-order valence-electron chi connectivity index (χ3n) is 2.99. The summed E-state index contributed by atoms with van der Waals surface area (Å²) in [7, 11) is 0. The molecule has 3 aromatic rings. The largest absolute Gasteiger partial charge is 0.320 e. The lowest BCUT2D eigenvalue weighted by Crippen LogP contribution is -2.13. The molecule has 0 aliphatic heterocycles. The van der Waals surface area contributed by atoms with Gasteiger partial charge in [0, 0.05) is 9.79 Å². The van der Waals surface area contributed by atoms with E-state index in [0.717, 1.165) is 15.5 Å². The Morgan fingerprint density at radius 2 is 1.74 bits per heavy atom. The maximum atomic E-state index is 12.4. The minimum absolute atomic E-state index is 0.278. The van der Waals surface area contributed by atoms with Crippen LogP contribution in [0.15, 0.2) is 73.5 Å². The first kappa shape index (κ1) is 16.3. The second-order valence-electron chi connectivity index (χ2n) is 4.57. The van der Waals surface area contributed by atoms with Crippen LogP contribution in [0.2, 0.25) is 0 Å². The van der Waals surface area contributed by atoms with Gasteiger partial charge in [-0.2, -0.15) is 5.10 Å². The standard InChI is InChI=1S/C16H11Br2N3OS/c17-13-14(20-21-15(13)18)16(22)19-11-8-4-5-9-12(11)23-10-6-2-1-3-7-10/h1-9H,(H,19,22)(H,20,21). The van der Waals surface area contributed by atoms with Crippen LogP contribution in [0.4, 0.5) is 5.69 Å². The Hall–Kier alpha value is -1.57. The molecule has 0 atom stereocenters. The van der Waals surface area contributed by atoms with Crippen LogP contribution in [0.25, 0.3) is 0 Å². The molecule has 1 aromatic heterocycles. The number of benzene rings is 2. The molecule has 0 saturated carbocycles. The van der Waals surface area contributed by atoms with Gasteiger partial charge in [-0.05, 0) is 56.1 Å². The van der Waals surface area contributed by atoms with Crippen molar-refractivity contribution >= 4 is 55.2 Å². The number of hydrogen-bond donors (Lipinski definition) is 2. The minimum Gasteiger partial charge on any atom is -0.320 e. The van der Waals surface area contributed by atoms with Crippen molar-refractivity contribution in [2.24, 2.45) is 0 Å². The Kier molecular flexibility index (Phi) is 5.20.